The summed E-state index contributed by atoms with van der Waals surface area (Å²) < 4.78 is 62.9. The summed E-state index contributed by atoms with van der Waals surface area (Å²) >= 11 is 0. The summed E-state index contributed by atoms with van der Waals surface area (Å²) in [4.78, 5) is 23.0. The third kappa shape index (κ3) is 5.96. The Kier molecular flexibility index (Phi) is 7.05. The number of rotatable bonds is 8. The molecule has 0 bridgehead atoms. The van der Waals surface area contributed by atoms with Gasteiger partial charge in [0.1, 0.15) is 30.2 Å². The Bertz CT molecular complexity index is 1320. The van der Waals surface area contributed by atoms with Crippen molar-refractivity contribution in [3.63, 3.8) is 0 Å². The van der Waals surface area contributed by atoms with Crippen molar-refractivity contribution in [3.8, 4) is 0 Å². The summed E-state index contributed by atoms with van der Waals surface area (Å²) in [6.07, 6.45) is 5.35. The maximum absolute atomic E-state index is 14.5. The highest BCUT2D eigenvalue weighted by atomic mass is 31.2. The molecular formula is C21H19F3N5O5P. The molecule has 1 atom stereocenters. The van der Waals surface area contributed by atoms with Crippen molar-refractivity contribution in [1.82, 2.24) is 15.0 Å². The van der Waals surface area contributed by atoms with Gasteiger partial charge in [-0.05, 0) is 29.8 Å². The average Bonchev–Trinajstić information content (AvgIpc) is 3.24. The molecule has 5 N–H and O–H groups in total. The van der Waals surface area contributed by atoms with Crippen LogP contribution in [0.1, 0.15) is 17.0 Å². The molecule has 0 fully saturated rings. The minimum absolute atomic E-state index is 0.130. The number of halogens is 3. The van der Waals surface area contributed by atoms with Crippen molar-refractivity contribution in [2.45, 2.75) is 12.6 Å². The largest absolute Gasteiger partial charge is 0.471 e. The second-order valence-corrected chi connectivity index (χ2v) is 8.67. The van der Waals surface area contributed by atoms with Gasteiger partial charge in [-0.3, -0.25) is 4.52 Å². The molecule has 4 rings (SSSR count). The molecule has 35 heavy (non-hydrogen) atoms. The van der Waals surface area contributed by atoms with Crippen molar-refractivity contribution in [2.75, 3.05) is 12.0 Å². The van der Waals surface area contributed by atoms with Gasteiger partial charge in [0.05, 0.1) is 5.69 Å². The fraction of sp³-hybridized carbons (Fsp3) is 0.143. The third-order valence-corrected chi connectivity index (χ3v) is 5.39. The van der Waals surface area contributed by atoms with Crippen molar-refractivity contribution in [1.29, 1.82) is 0 Å². The Morgan fingerprint density at radius 2 is 1.94 bits per heavy atom. The molecule has 14 heteroatoms. The van der Waals surface area contributed by atoms with Gasteiger partial charge in [0.25, 0.3) is 0 Å². The van der Waals surface area contributed by atoms with E-state index < -0.39 is 43.9 Å². The lowest BCUT2D eigenvalue weighted by Crippen LogP contribution is -2.41. The summed E-state index contributed by atoms with van der Waals surface area (Å²) in [5.74, 6) is -2.65. The summed E-state index contributed by atoms with van der Waals surface area (Å²) in [5.41, 5.74) is 6.92. The molecule has 0 aliphatic carbocycles. The van der Waals surface area contributed by atoms with Crippen LogP contribution >= 0.6 is 7.82 Å². The third-order valence-electron chi connectivity index (χ3n) is 4.94. The second kappa shape index (κ2) is 10.0. The van der Waals surface area contributed by atoms with Gasteiger partial charge in [0, 0.05) is 30.5 Å². The van der Waals surface area contributed by atoms with E-state index in [1.807, 2.05) is 0 Å². The zero-order valence-electron chi connectivity index (χ0n) is 17.8. The van der Waals surface area contributed by atoms with E-state index in [4.69, 9.17) is 20.0 Å². The second-order valence-electron chi connectivity index (χ2n) is 7.43. The number of hydrogen-bond donors (Lipinski definition) is 4. The molecule has 0 spiro atoms. The summed E-state index contributed by atoms with van der Waals surface area (Å²) in [7, 11) is -4.68. The highest BCUT2D eigenvalue weighted by molar-refractivity contribution is 7.46. The fourth-order valence-electron chi connectivity index (χ4n) is 3.26. The molecule has 3 aromatic rings. The number of allylic oxidation sites excluding steroid dienone is 2. The van der Waals surface area contributed by atoms with E-state index in [9.17, 15) is 17.7 Å². The van der Waals surface area contributed by atoms with Gasteiger partial charge in [-0.25, -0.2) is 22.7 Å². The summed E-state index contributed by atoms with van der Waals surface area (Å²) in [5, 5.41) is 6.25. The zero-order chi connectivity index (χ0) is 25.2. The van der Waals surface area contributed by atoms with Gasteiger partial charge < -0.3 is 30.3 Å². The molecule has 2 aromatic heterocycles. The number of para-hydroxylation sites is 1. The Labute approximate surface area is 196 Å². The number of aromatic nitrogens is 2. The smallest absolute Gasteiger partial charge is 0.356 e. The Balaban J connectivity index is 1.44. The molecule has 184 valence electrons. The normalized spacial score (nSPS) is 15.9. The lowest BCUT2D eigenvalue weighted by Gasteiger charge is -2.30. The summed E-state index contributed by atoms with van der Waals surface area (Å²) in [6.45, 7) is -0.456. The number of nitrogens with zero attached hydrogens (tertiary/aromatic N) is 3. The van der Waals surface area contributed by atoms with Crippen LogP contribution in [0.3, 0.4) is 0 Å². The average molecular weight is 509 g/mol. The molecule has 0 amide bonds. The number of phosphoric ester groups is 1. The van der Waals surface area contributed by atoms with Crippen molar-refractivity contribution >= 4 is 24.9 Å². The number of nitrogens with two attached hydrogens (primary N) is 1. The number of phosphoric acid groups is 1. The maximum atomic E-state index is 14.5. The molecule has 1 aliphatic heterocycles. The van der Waals surface area contributed by atoms with E-state index in [0.717, 1.165) is 18.2 Å². The minimum atomic E-state index is -4.68. The predicted molar refractivity (Wildman–Crippen MR) is 118 cm³/mol. The van der Waals surface area contributed by atoms with Crippen LogP contribution in [0, 0.1) is 17.5 Å². The number of nitrogens with one attached hydrogen (secondary N) is 1. The number of benzene rings is 1. The Morgan fingerprint density at radius 1 is 1.20 bits per heavy atom. The molecule has 0 saturated heterocycles. The predicted octanol–water partition coefficient (Wildman–Crippen LogP) is 3.39. The van der Waals surface area contributed by atoms with Crippen LogP contribution in [0.5, 0.6) is 0 Å². The van der Waals surface area contributed by atoms with E-state index in [0.29, 0.717) is 22.6 Å². The van der Waals surface area contributed by atoms with Crippen LogP contribution in [0.4, 0.5) is 24.7 Å². The quantitative estimate of drug-likeness (QED) is 0.333. The number of anilines is 2. The van der Waals surface area contributed by atoms with Crippen molar-refractivity contribution in [3.05, 3.63) is 89.3 Å². The Morgan fingerprint density at radius 3 is 2.63 bits per heavy atom. The first-order valence-corrected chi connectivity index (χ1v) is 11.5. The first-order chi connectivity index (χ1) is 16.6. The van der Waals surface area contributed by atoms with Crippen LogP contribution < -0.4 is 11.1 Å². The lowest BCUT2D eigenvalue weighted by atomic mass is 10.1. The molecule has 0 saturated carbocycles. The Hall–Kier alpha value is -3.48. The molecule has 1 aliphatic rings. The fourth-order valence-corrected chi connectivity index (χ4v) is 3.55. The van der Waals surface area contributed by atoms with E-state index >= 15 is 0 Å². The SMILES string of the molecule is NC1C(c2cc(Cc3cnc(Nc4c(F)cccc4F)c(F)c3)no2)=CC=CN1COP(=O)(O)O. The lowest BCUT2D eigenvalue weighted by molar-refractivity contribution is 0.110. The number of hydrogen-bond acceptors (Lipinski definition) is 8. The van der Waals surface area contributed by atoms with Crippen LogP contribution in [0.25, 0.3) is 5.57 Å². The minimum Gasteiger partial charge on any atom is -0.356 e. The van der Waals surface area contributed by atoms with Gasteiger partial charge in [-0.2, -0.15) is 0 Å². The molecule has 3 heterocycles. The van der Waals surface area contributed by atoms with E-state index in [1.54, 1.807) is 18.2 Å². The van der Waals surface area contributed by atoms with Gasteiger partial charge in [-0.1, -0.05) is 17.3 Å². The first kappa shape index (κ1) is 24.6. The zero-order valence-corrected chi connectivity index (χ0v) is 18.7. The van der Waals surface area contributed by atoms with Gasteiger partial charge >= 0.3 is 7.82 Å². The van der Waals surface area contributed by atoms with Gasteiger partial charge in [0.15, 0.2) is 17.4 Å². The molecule has 0 radical (unpaired) electrons. The van der Waals surface area contributed by atoms with Crippen LogP contribution in [-0.2, 0) is 15.5 Å². The van der Waals surface area contributed by atoms with E-state index in [-0.39, 0.29) is 12.2 Å². The van der Waals surface area contributed by atoms with Crippen LogP contribution in [0.2, 0.25) is 0 Å². The van der Waals surface area contributed by atoms with E-state index in [2.05, 4.69) is 20.0 Å². The topological polar surface area (TPSA) is 147 Å². The van der Waals surface area contributed by atoms with Crippen molar-refractivity contribution in [2.24, 2.45) is 5.73 Å². The summed E-state index contributed by atoms with van der Waals surface area (Å²) in [6, 6.07) is 5.99. The van der Waals surface area contributed by atoms with Gasteiger partial charge in [0.2, 0.25) is 0 Å². The molecule has 1 unspecified atom stereocenters. The van der Waals surface area contributed by atoms with E-state index in [1.165, 1.54) is 23.4 Å². The highest BCUT2D eigenvalue weighted by Gasteiger charge is 2.25. The highest BCUT2D eigenvalue weighted by Crippen LogP contribution is 2.36. The van der Waals surface area contributed by atoms with Crippen molar-refractivity contribution < 1.29 is 36.6 Å². The monoisotopic (exact) mass is 509 g/mol. The maximum Gasteiger partial charge on any atom is 0.471 e. The first-order valence-electron chi connectivity index (χ1n) is 10.0. The number of pyridine rings is 1. The molecule has 10 nitrogen and oxygen atoms in total. The molecule has 1 aromatic carbocycles. The van der Waals surface area contributed by atoms with Gasteiger partial charge in [-0.15, -0.1) is 0 Å². The van der Waals surface area contributed by atoms with Crippen LogP contribution in [-0.4, -0.2) is 37.7 Å². The van der Waals surface area contributed by atoms with Crippen LogP contribution in [0.15, 0.2) is 59.4 Å². The standard InChI is InChI=1S/C21H19F3N5O5P/c22-15-4-1-5-16(23)19(15)27-21-17(24)8-12(10-26-21)7-13-9-18(34-28-13)14-3-2-6-29(20(14)25)11-33-35(30,31)32/h1-6,8-10,20H,7,11,25H2,(H,26,27)(H2,30,31,32). The molecular weight excluding hydrogens is 490 g/mol.